The van der Waals surface area contributed by atoms with Crippen LogP contribution in [0.15, 0.2) is 28.1 Å². The standard InChI is InChI=1S/C15H19BBrFO2S/c1-14(2)15(3,4)20-16(19-14)11(9-21)7-10-8-12(17)5-6-13(10)18/h5-8,21H,9H2,1-4H3. The topological polar surface area (TPSA) is 18.5 Å². The third kappa shape index (κ3) is 3.55. The van der Waals surface area contributed by atoms with E-state index in [1.54, 1.807) is 18.2 Å². The molecule has 1 saturated heterocycles. The Kier molecular flexibility index (Phi) is 4.93. The summed E-state index contributed by atoms with van der Waals surface area (Å²) in [5, 5.41) is 0. The average molecular weight is 373 g/mol. The van der Waals surface area contributed by atoms with Crippen LogP contribution in [-0.4, -0.2) is 24.1 Å². The summed E-state index contributed by atoms with van der Waals surface area (Å²) in [7, 11) is -0.508. The molecular weight excluding hydrogens is 354 g/mol. The highest BCUT2D eigenvalue weighted by atomic mass is 79.9. The van der Waals surface area contributed by atoms with Gasteiger partial charge in [-0.25, -0.2) is 4.39 Å². The third-order valence-corrected chi connectivity index (χ3v) is 4.90. The van der Waals surface area contributed by atoms with Crippen molar-refractivity contribution in [2.24, 2.45) is 0 Å². The fraction of sp³-hybridized carbons (Fsp3) is 0.467. The second-order valence-electron chi connectivity index (χ2n) is 6.13. The van der Waals surface area contributed by atoms with Gasteiger partial charge in [-0.1, -0.05) is 22.0 Å². The second kappa shape index (κ2) is 6.07. The van der Waals surface area contributed by atoms with Crippen LogP contribution in [-0.2, 0) is 9.31 Å². The van der Waals surface area contributed by atoms with Crippen LogP contribution < -0.4 is 0 Å². The number of halogens is 2. The Labute approximate surface area is 139 Å². The Bertz CT molecular complexity index is 559. The lowest BCUT2D eigenvalue weighted by Gasteiger charge is -2.32. The predicted octanol–water partition coefficient (Wildman–Crippen LogP) is 4.53. The van der Waals surface area contributed by atoms with Gasteiger partial charge in [0.15, 0.2) is 0 Å². The molecule has 1 aromatic rings. The number of hydrogen-bond acceptors (Lipinski definition) is 3. The summed E-state index contributed by atoms with van der Waals surface area (Å²) in [5.74, 6) is 0.150. The minimum atomic E-state index is -0.508. The number of hydrogen-bond donors (Lipinski definition) is 1. The van der Waals surface area contributed by atoms with Crippen molar-refractivity contribution in [2.45, 2.75) is 38.9 Å². The molecule has 1 aromatic carbocycles. The Balaban J connectivity index is 2.33. The Hall–Kier alpha value is -0.295. The maximum Gasteiger partial charge on any atom is 0.491 e. The van der Waals surface area contributed by atoms with Crippen molar-refractivity contribution in [3.63, 3.8) is 0 Å². The molecule has 0 bridgehead atoms. The van der Waals surface area contributed by atoms with Gasteiger partial charge in [-0.05, 0) is 51.4 Å². The van der Waals surface area contributed by atoms with Gasteiger partial charge in [0.2, 0.25) is 0 Å². The SMILES string of the molecule is CC1(C)OB(C(=Cc2cc(Br)ccc2F)CS)OC1(C)C. The van der Waals surface area contributed by atoms with E-state index in [1.807, 2.05) is 27.7 Å². The Morgan fingerprint density at radius 1 is 1.29 bits per heavy atom. The van der Waals surface area contributed by atoms with E-state index in [1.165, 1.54) is 6.07 Å². The maximum atomic E-state index is 13.9. The normalized spacial score (nSPS) is 20.9. The van der Waals surface area contributed by atoms with E-state index in [4.69, 9.17) is 9.31 Å². The molecule has 6 heteroatoms. The van der Waals surface area contributed by atoms with Crippen LogP contribution in [0.1, 0.15) is 33.3 Å². The zero-order chi connectivity index (χ0) is 15.8. The lowest BCUT2D eigenvalue weighted by molar-refractivity contribution is 0.00578. The van der Waals surface area contributed by atoms with E-state index < -0.39 is 18.3 Å². The Morgan fingerprint density at radius 3 is 2.38 bits per heavy atom. The smallest absolute Gasteiger partial charge is 0.400 e. The molecule has 1 aliphatic rings. The van der Waals surface area contributed by atoms with Crippen LogP contribution in [0.5, 0.6) is 0 Å². The van der Waals surface area contributed by atoms with E-state index in [2.05, 4.69) is 28.6 Å². The summed E-state index contributed by atoms with van der Waals surface area (Å²) in [4.78, 5) is 0. The minimum absolute atomic E-state index is 0.283. The van der Waals surface area contributed by atoms with Gasteiger partial charge in [0.05, 0.1) is 11.2 Å². The predicted molar refractivity (Wildman–Crippen MR) is 92.0 cm³/mol. The fourth-order valence-corrected chi connectivity index (χ4v) is 2.63. The molecule has 114 valence electrons. The Morgan fingerprint density at radius 2 is 1.86 bits per heavy atom. The van der Waals surface area contributed by atoms with Gasteiger partial charge in [0, 0.05) is 15.8 Å². The van der Waals surface area contributed by atoms with Gasteiger partial charge >= 0.3 is 7.12 Å². The molecule has 21 heavy (non-hydrogen) atoms. The molecule has 0 amide bonds. The molecule has 0 atom stereocenters. The van der Waals surface area contributed by atoms with Crippen molar-refractivity contribution < 1.29 is 13.7 Å². The highest BCUT2D eigenvalue weighted by Crippen LogP contribution is 2.39. The van der Waals surface area contributed by atoms with Crippen molar-refractivity contribution in [3.8, 4) is 0 Å². The molecule has 1 fully saturated rings. The lowest BCUT2D eigenvalue weighted by atomic mass is 9.78. The van der Waals surface area contributed by atoms with Crippen LogP contribution in [0.3, 0.4) is 0 Å². The number of rotatable bonds is 3. The number of thiol groups is 1. The van der Waals surface area contributed by atoms with Crippen molar-refractivity contribution >= 4 is 41.8 Å². The highest BCUT2D eigenvalue weighted by molar-refractivity contribution is 9.10. The summed E-state index contributed by atoms with van der Waals surface area (Å²) in [6.45, 7) is 7.96. The van der Waals surface area contributed by atoms with Crippen molar-refractivity contribution in [2.75, 3.05) is 5.75 Å². The van der Waals surface area contributed by atoms with Gasteiger partial charge in [0.1, 0.15) is 5.82 Å². The molecule has 0 aromatic heterocycles. The molecule has 0 aliphatic carbocycles. The van der Waals surface area contributed by atoms with Gasteiger partial charge in [-0.15, -0.1) is 0 Å². The molecule has 0 spiro atoms. The van der Waals surface area contributed by atoms with Crippen molar-refractivity contribution in [3.05, 3.63) is 39.5 Å². The van der Waals surface area contributed by atoms with Crippen molar-refractivity contribution in [1.82, 2.24) is 0 Å². The zero-order valence-corrected chi connectivity index (χ0v) is 15.1. The van der Waals surface area contributed by atoms with Gasteiger partial charge < -0.3 is 9.31 Å². The largest absolute Gasteiger partial charge is 0.491 e. The molecule has 1 heterocycles. The quantitative estimate of drug-likeness (QED) is 0.620. The van der Waals surface area contributed by atoms with E-state index in [0.717, 1.165) is 9.95 Å². The minimum Gasteiger partial charge on any atom is -0.400 e. The van der Waals surface area contributed by atoms with Crippen LogP contribution in [0, 0.1) is 5.82 Å². The second-order valence-corrected chi connectivity index (χ2v) is 7.36. The first-order valence-corrected chi connectivity index (χ1v) is 8.21. The van der Waals surface area contributed by atoms with E-state index in [9.17, 15) is 4.39 Å². The van der Waals surface area contributed by atoms with E-state index in [-0.39, 0.29) is 5.82 Å². The molecular formula is C15H19BBrFO2S. The highest BCUT2D eigenvalue weighted by Gasteiger charge is 2.52. The first-order valence-electron chi connectivity index (χ1n) is 6.78. The summed E-state index contributed by atoms with van der Waals surface area (Å²) in [5.41, 5.74) is 0.447. The van der Waals surface area contributed by atoms with Crippen molar-refractivity contribution in [1.29, 1.82) is 0 Å². The molecule has 0 radical (unpaired) electrons. The zero-order valence-electron chi connectivity index (χ0n) is 12.6. The van der Waals surface area contributed by atoms with E-state index in [0.29, 0.717) is 11.3 Å². The maximum absolute atomic E-state index is 13.9. The van der Waals surface area contributed by atoms with Crippen LogP contribution in [0.4, 0.5) is 4.39 Å². The molecule has 0 N–H and O–H groups in total. The van der Waals surface area contributed by atoms with Crippen LogP contribution in [0.25, 0.3) is 6.08 Å². The van der Waals surface area contributed by atoms with Crippen LogP contribution in [0.2, 0.25) is 0 Å². The molecule has 2 rings (SSSR count). The lowest BCUT2D eigenvalue weighted by Crippen LogP contribution is -2.41. The molecule has 0 saturated carbocycles. The van der Waals surface area contributed by atoms with Gasteiger partial charge in [-0.3, -0.25) is 0 Å². The molecule has 1 aliphatic heterocycles. The monoisotopic (exact) mass is 372 g/mol. The molecule has 2 nitrogen and oxygen atoms in total. The van der Waals surface area contributed by atoms with E-state index >= 15 is 0 Å². The fourth-order valence-electron chi connectivity index (χ4n) is 2.01. The first kappa shape index (κ1) is 17.1. The van der Waals surface area contributed by atoms with Crippen LogP contribution >= 0.6 is 28.6 Å². The summed E-state index contributed by atoms with van der Waals surface area (Å²) < 4.78 is 26.7. The summed E-state index contributed by atoms with van der Waals surface area (Å²) in [6, 6.07) is 4.82. The summed E-state index contributed by atoms with van der Waals surface area (Å²) in [6.07, 6.45) is 1.75. The molecule has 0 unspecified atom stereocenters. The average Bonchev–Trinajstić information content (AvgIpc) is 2.59. The first-order chi connectivity index (χ1) is 9.66. The van der Waals surface area contributed by atoms with Gasteiger partial charge in [0.25, 0.3) is 0 Å². The third-order valence-electron chi connectivity index (χ3n) is 4.04. The number of benzene rings is 1. The summed E-state index contributed by atoms with van der Waals surface area (Å²) >= 11 is 7.68. The van der Waals surface area contributed by atoms with Gasteiger partial charge in [-0.2, -0.15) is 12.6 Å².